The minimum Gasteiger partial charge on any atom is -0.478 e. The first-order valence-electron chi connectivity index (χ1n) is 6.10. The second kappa shape index (κ2) is 5.56. The van der Waals surface area contributed by atoms with Crippen molar-refractivity contribution in [2.24, 2.45) is 0 Å². The third-order valence-corrected chi connectivity index (χ3v) is 3.10. The van der Waals surface area contributed by atoms with Gasteiger partial charge in [0.2, 0.25) is 5.91 Å². The summed E-state index contributed by atoms with van der Waals surface area (Å²) in [4.78, 5) is 24.5. The summed E-state index contributed by atoms with van der Waals surface area (Å²) >= 11 is 0. The van der Waals surface area contributed by atoms with E-state index >= 15 is 0 Å². The number of nitrogens with zero attached hydrogens (tertiary/aromatic N) is 1. The molecule has 1 aromatic carbocycles. The lowest BCUT2D eigenvalue weighted by atomic mass is 10.1. The van der Waals surface area contributed by atoms with E-state index in [0.29, 0.717) is 6.54 Å². The summed E-state index contributed by atoms with van der Waals surface area (Å²) in [6.45, 7) is 5.02. The third-order valence-electron chi connectivity index (χ3n) is 3.10. The van der Waals surface area contributed by atoms with Crippen molar-refractivity contribution in [3.63, 3.8) is 0 Å². The number of carboxylic acids is 1. The lowest BCUT2D eigenvalue weighted by molar-refractivity contribution is -0.119. The van der Waals surface area contributed by atoms with E-state index in [9.17, 15) is 9.59 Å². The molecule has 0 saturated carbocycles. The highest BCUT2D eigenvalue weighted by atomic mass is 16.4. The molecule has 1 aliphatic heterocycles. The number of amides is 1. The fraction of sp³-hybridized carbons (Fsp3) is 0.286. The molecule has 19 heavy (non-hydrogen) atoms. The molecule has 100 valence electrons. The van der Waals surface area contributed by atoms with Gasteiger partial charge in [-0.05, 0) is 30.2 Å². The van der Waals surface area contributed by atoms with E-state index in [2.05, 4.69) is 11.9 Å². The fourth-order valence-corrected chi connectivity index (χ4v) is 2.18. The quantitative estimate of drug-likeness (QED) is 0.776. The molecule has 1 aliphatic rings. The maximum atomic E-state index is 11.6. The number of rotatable bonds is 5. The number of anilines is 1. The lowest BCUT2D eigenvalue weighted by Gasteiger charge is -2.18. The Balaban J connectivity index is 2.07. The SMILES string of the molecule is C=CCNC(=O)CN1CCc2cc(C(=O)O)ccc21. The zero-order valence-corrected chi connectivity index (χ0v) is 10.6. The number of benzene rings is 1. The molecule has 1 aromatic rings. The summed E-state index contributed by atoms with van der Waals surface area (Å²) in [5, 5.41) is 11.7. The number of carbonyl (C=O) groups is 2. The molecular formula is C14H16N2O3. The number of carboxylic acid groups (broad SMARTS) is 1. The summed E-state index contributed by atoms with van der Waals surface area (Å²) < 4.78 is 0. The molecule has 1 amide bonds. The zero-order valence-electron chi connectivity index (χ0n) is 10.6. The average molecular weight is 260 g/mol. The molecule has 5 nitrogen and oxygen atoms in total. The first kappa shape index (κ1) is 13.1. The second-order valence-corrected chi connectivity index (χ2v) is 4.41. The van der Waals surface area contributed by atoms with Crippen LogP contribution in [0.15, 0.2) is 30.9 Å². The minimum atomic E-state index is -0.926. The van der Waals surface area contributed by atoms with Crippen LogP contribution in [0.2, 0.25) is 0 Å². The topological polar surface area (TPSA) is 69.6 Å². The van der Waals surface area contributed by atoms with Gasteiger partial charge in [-0.1, -0.05) is 6.08 Å². The highest BCUT2D eigenvalue weighted by molar-refractivity contribution is 5.89. The molecule has 1 heterocycles. The van der Waals surface area contributed by atoms with Crippen molar-refractivity contribution >= 4 is 17.6 Å². The van der Waals surface area contributed by atoms with E-state index < -0.39 is 5.97 Å². The highest BCUT2D eigenvalue weighted by Crippen LogP contribution is 2.28. The van der Waals surface area contributed by atoms with Gasteiger partial charge in [-0.15, -0.1) is 6.58 Å². The van der Waals surface area contributed by atoms with Crippen LogP contribution >= 0.6 is 0 Å². The number of aromatic carboxylic acids is 1. The minimum absolute atomic E-state index is 0.0601. The van der Waals surface area contributed by atoms with Gasteiger partial charge < -0.3 is 15.3 Å². The van der Waals surface area contributed by atoms with Crippen molar-refractivity contribution in [2.75, 3.05) is 24.5 Å². The van der Waals surface area contributed by atoms with Gasteiger partial charge in [0.05, 0.1) is 12.1 Å². The van der Waals surface area contributed by atoms with Gasteiger partial charge in [0.1, 0.15) is 0 Å². The normalized spacial score (nSPS) is 12.9. The maximum Gasteiger partial charge on any atom is 0.335 e. The first-order chi connectivity index (χ1) is 9.11. The van der Waals surface area contributed by atoms with Crippen LogP contribution in [0.25, 0.3) is 0 Å². The molecule has 0 spiro atoms. The summed E-state index contributed by atoms with van der Waals surface area (Å²) in [5.74, 6) is -0.986. The Morgan fingerprint density at radius 3 is 2.95 bits per heavy atom. The Kier molecular flexibility index (Phi) is 3.85. The van der Waals surface area contributed by atoms with Crippen molar-refractivity contribution in [1.29, 1.82) is 0 Å². The molecule has 0 unspecified atom stereocenters. The Bertz CT molecular complexity index is 525. The van der Waals surface area contributed by atoms with Crippen molar-refractivity contribution in [2.45, 2.75) is 6.42 Å². The molecule has 0 radical (unpaired) electrons. The van der Waals surface area contributed by atoms with E-state index in [1.807, 2.05) is 4.90 Å². The van der Waals surface area contributed by atoms with Crippen molar-refractivity contribution in [3.05, 3.63) is 42.0 Å². The standard InChI is InChI=1S/C14H16N2O3/c1-2-6-15-13(17)9-16-7-5-10-8-11(14(18)19)3-4-12(10)16/h2-4,8H,1,5-7,9H2,(H,15,17)(H,18,19). The smallest absolute Gasteiger partial charge is 0.335 e. The molecule has 0 atom stereocenters. The number of carbonyl (C=O) groups excluding carboxylic acids is 1. The molecule has 0 aromatic heterocycles. The fourth-order valence-electron chi connectivity index (χ4n) is 2.18. The van der Waals surface area contributed by atoms with Gasteiger partial charge in [0.15, 0.2) is 0 Å². The Morgan fingerprint density at radius 1 is 1.47 bits per heavy atom. The number of hydrogen-bond donors (Lipinski definition) is 2. The van der Waals surface area contributed by atoms with Gasteiger partial charge in [0.25, 0.3) is 0 Å². The third kappa shape index (κ3) is 2.93. The first-order valence-corrected chi connectivity index (χ1v) is 6.10. The summed E-state index contributed by atoms with van der Waals surface area (Å²) in [7, 11) is 0. The number of nitrogens with one attached hydrogen (secondary N) is 1. The van der Waals surface area contributed by atoms with Crippen LogP contribution in [0.4, 0.5) is 5.69 Å². The largest absolute Gasteiger partial charge is 0.478 e. The summed E-state index contributed by atoms with van der Waals surface area (Å²) in [6, 6.07) is 5.02. The Labute approximate surface area is 111 Å². The van der Waals surface area contributed by atoms with E-state index in [4.69, 9.17) is 5.11 Å². The van der Waals surface area contributed by atoms with Crippen LogP contribution in [0.3, 0.4) is 0 Å². The monoisotopic (exact) mass is 260 g/mol. The number of fused-ring (bicyclic) bond motifs is 1. The van der Waals surface area contributed by atoms with Gasteiger partial charge >= 0.3 is 5.97 Å². The van der Waals surface area contributed by atoms with Gasteiger partial charge in [-0.2, -0.15) is 0 Å². The summed E-state index contributed by atoms with van der Waals surface area (Å²) in [6.07, 6.45) is 2.40. The molecule has 0 bridgehead atoms. The van der Waals surface area contributed by atoms with Crippen LogP contribution in [-0.2, 0) is 11.2 Å². The highest BCUT2D eigenvalue weighted by Gasteiger charge is 2.21. The predicted molar refractivity (Wildman–Crippen MR) is 72.5 cm³/mol. The number of hydrogen-bond acceptors (Lipinski definition) is 3. The molecule has 2 N–H and O–H groups in total. The van der Waals surface area contributed by atoms with Crippen LogP contribution in [0.5, 0.6) is 0 Å². The predicted octanol–water partition coefficient (Wildman–Crippen LogP) is 1.05. The van der Waals surface area contributed by atoms with Crippen LogP contribution in [0, 0.1) is 0 Å². The van der Waals surface area contributed by atoms with Gasteiger partial charge in [-0.25, -0.2) is 4.79 Å². The van der Waals surface area contributed by atoms with Crippen LogP contribution in [0.1, 0.15) is 15.9 Å². The maximum absolute atomic E-state index is 11.6. The molecule has 0 saturated heterocycles. The second-order valence-electron chi connectivity index (χ2n) is 4.41. The molecule has 2 rings (SSSR count). The average Bonchev–Trinajstić information content (AvgIpc) is 2.78. The van der Waals surface area contributed by atoms with Crippen LogP contribution in [-0.4, -0.2) is 36.6 Å². The van der Waals surface area contributed by atoms with E-state index in [0.717, 1.165) is 24.2 Å². The van der Waals surface area contributed by atoms with E-state index in [-0.39, 0.29) is 18.0 Å². The van der Waals surface area contributed by atoms with Gasteiger partial charge in [-0.3, -0.25) is 4.79 Å². The summed E-state index contributed by atoms with van der Waals surface area (Å²) in [5.41, 5.74) is 2.21. The Hall–Kier alpha value is -2.30. The molecule has 0 aliphatic carbocycles. The van der Waals surface area contributed by atoms with E-state index in [1.54, 1.807) is 24.3 Å². The van der Waals surface area contributed by atoms with Crippen molar-refractivity contribution in [3.8, 4) is 0 Å². The van der Waals surface area contributed by atoms with E-state index in [1.165, 1.54) is 0 Å². The van der Waals surface area contributed by atoms with Crippen LogP contribution < -0.4 is 10.2 Å². The van der Waals surface area contributed by atoms with Crippen molar-refractivity contribution < 1.29 is 14.7 Å². The zero-order chi connectivity index (χ0) is 13.8. The molecule has 5 heteroatoms. The molecule has 0 fully saturated rings. The van der Waals surface area contributed by atoms with Crippen molar-refractivity contribution in [1.82, 2.24) is 5.32 Å². The Morgan fingerprint density at radius 2 is 2.26 bits per heavy atom. The lowest BCUT2D eigenvalue weighted by Crippen LogP contribution is -2.36. The molecular weight excluding hydrogens is 244 g/mol. The van der Waals surface area contributed by atoms with Gasteiger partial charge in [0, 0.05) is 18.8 Å².